The predicted molar refractivity (Wildman–Crippen MR) is 99.3 cm³/mol. The Balaban J connectivity index is 1.66. The number of rotatable bonds is 7. The minimum Gasteiger partial charge on any atom is -0.484 e. The van der Waals surface area contributed by atoms with E-state index in [1.807, 2.05) is 12.1 Å². The first kappa shape index (κ1) is 19.6. The van der Waals surface area contributed by atoms with E-state index in [0.29, 0.717) is 22.4 Å². The highest BCUT2D eigenvalue weighted by atomic mass is 35.5. The molecule has 0 aliphatic heterocycles. The molecule has 7 heteroatoms. The summed E-state index contributed by atoms with van der Waals surface area (Å²) in [6.07, 6.45) is 0. The van der Waals surface area contributed by atoms with E-state index in [9.17, 15) is 9.59 Å². The third-order valence-corrected chi connectivity index (χ3v) is 3.69. The topological polar surface area (TPSA) is 76.7 Å². The van der Waals surface area contributed by atoms with Crippen molar-refractivity contribution < 1.29 is 19.1 Å². The van der Waals surface area contributed by atoms with Gasteiger partial charge < -0.3 is 9.47 Å². The summed E-state index contributed by atoms with van der Waals surface area (Å²) < 4.78 is 10.6. The second kappa shape index (κ2) is 9.68. The number of halogens is 1. The summed E-state index contributed by atoms with van der Waals surface area (Å²) in [5.41, 5.74) is 5.71. The number of hydrogen-bond acceptors (Lipinski definition) is 4. The maximum atomic E-state index is 11.7. The Kier molecular flexibility index (Phi) is 7.29. The van der Waals surface area contributed by atoms with Crippen LogP contribution < -0.4 is 20.3 Å². The van der Waals surface area contributed by atoms with Crippen molar-refractivity contribution in [1.82, 2.24) is 10.9 Å². The van der Waals surface area contributed by atoms with Gasteiger partial charge in [0.25, 0.3) is 11.8 Å². The number of benzene rings is 2. The van der Waals surface area contributed by atoms with Crippen molar-refractivity contribution >= 4 is 23.4 Å². The number of hydrazine groups is 1. The SMILES string of the molecule is CC(C)c1ccc(OCC(=O)NNC(=O)COc2ccc(Cl)cc2)cc1. The van der Waals surface area contributed by atoms with E-state index in [4.69, 9.17) is 21.1 Å². The molecule has 0 bridgehead atoms. The molecule has 0 fully saturated rings. The molecule has 0 aliphatic rings. The van der Waals surface area contributed by atoms with E-state index >= 15 is 0 Å². The van der Waals surface area contributed by atoms with Gasteiger partial charge in [0.1, 0.15) is 11.5 Å². The zero-order valence-corrected chi connectivity index (χ0v) is 15.4. The molecule has 2 N–H and O–H groups in total. The van der Waals surface area contributed by atoms with Gasteiger partial charge in [0, 0.05) is 5.02 Å². The molecule has 138 valence electrons. The van der Waals surface area contributed by atoms with Gasteiger partial charge in [-0.2, -0.15) is 0 Å². The highest BCUT2D eigenvalue weighted by Gasteiger charge is 2.07. The molecular weight excluding hydrogens is 356 g/mol. The average Bonchev–Trinajstić information content (AvgIpc) is 2.64. The monoisotopic (exact) mass is 376 g/mol. The standard InChI is InChI=1S/C19H21ClN2O4/c1-13(2)14-3-7-16(8-4-14)25-11-18(23)21-22-19(24)12-26-17-9-5-15(20)6-10-17/h3-10,13H,11-12H2,1-2H3,(H,21,23)(H,22,24). The Labute approximate surface area is 157 Å². The molecule has 0 radical (unpaired) electrons. The smallest absolute Gasteiger partial charge is 0.276 e. The number of carbonyl (C=O) groups excluding carboxylic acids is 2. The third-order valence-electron chi connectivity index (χ3n) is 3.44. The quantitative estimate of drug-likeness (QED) is 0.728. The fourth-order valence-electron chi connectivity index (χ4n) is 1.99. The van der Waals surface area contributed by atoms with Crippen molar-refractivity contribution in [2.45, 2.75) is 19.8 Å². The van der Waals surface area contributed by atoms with E-state index in [1.54, 1.807) is 36.4 Å². The van der Waals surface area contributed by atoms with Crippen molar-refractivity contribution in [1.29, 1.82) is 0 Å². The van der Waals surface area contributed by atoms with Gasteiger partial charge in [-0.15, -0.1) is 0 Å². The number of amides is 2. The van der Waals surface area contributed by atoms with Crippen LogP contribution in [0.3, 0.4) is 0 Å². The van der Waals surface area contributed by atoms with Crippen LogP contribution in [-0.4, -0.2) is 25.0 Å². The zero-order valence-electron chi connectivity index (χ0n) is 14.6. The largest absolute Gasteiger partial charge is 0.484 e. The molecule has 2 rings (SSSR count). The van der Waals surface area contributed by atoms with Crippen LogP contribution >= 0.6 is 11.6 Å². The van der Waals surface area contributed by atoms with E-state index < -0.39 is 11.8 Å². The van der Waals surface area contributed by atoms with Gasteiger partial charge in [-0.1, -0.05) is 37.6 Å². The average molecular weight is 377 g/mol. The number of ether oxygens (including phenoxy) is 2. The molecule has 2 aromatic rings. The summed E-state index contributed by atoms with van der Waals surface area (Å²) >= 11 is 5.76. The molecule has 0 aromatic heterocycles. The van der Waals surface area contributed by atoms with Gasteiger partial charge >= 0.3 is 0 Å². The van der Waals surface area contributed by atoms with E-state index in [-0.39, 0.29) is 13.2 Å². The maximum absolute atomic E-state index is 11.7. The highest BCUT2D eigenvalue weighted by Crippen LogP contribution is 2.18. The second-order valence-corrected chi connectivity index (χ2v) is 6.29. The summed E-state index contributed by atoms with van der Waals surface area (Å²) in [6.45, 7) is 3.75. The Morgan fingerprint density at radius 2 is 1.27 bits per heavy atom. The molecule has 2 amide bonds. The summed E-state index contributed by atoms with van der Waals surface area (Å²) in [4.78, 5) is 23.3. The molecule has 6 nitrogen and oxygen atoms in total. The molecule has 0 atom stereocenters. The van der Waals surface area contributed by atoms with Gasteiger partial charge in [-0.25, -0.2) is 0 Å². The first-order valence-electron chi connectivity index (χ1n) is 8.13. The summed E-state index contributed by atoms with van der Waals surface area (Å²) in [6, 6.07) is 14.1. The molecule has 0 saturated heterocycles. The Bertz CT molecular complexity index is 730. The second-order valence-electron chi connectivity index (χ2n) is 5.85. The van der Waals surface area contributed by atoms with E-state index in [0.717, 1.165) is 0 Å². The lowest BCUT2D eigenvalue weighted by atomic mass is 10.0. The molecule has 0 spiro atoms. The molecule has 0 aliphatic carbocycles. The normalized spacial score (nSPS) is 10.3. The van der Waals surface area contributed by atoms with Crippen LogP contribution in [0.15, 0.2) is 48.5 Å². The first-order chi connectivity index (χ1) is 12.4. The number of carbonyl (C=O) groups is 2. The summed E-state index contributed by atoms with van der Waals surface area (Å²) in [7, 11) is 0. The van der Waals surface area contributed by atoms with Crippen molar-refractivity contribution in [3.8, 4) is 11.5 Å². The van der Waals surface area contributed by atoms with Crippen molar-refractivity contribution in [2.75, 3.05) is 13.2 Å². The number of hydrogen-bond donors (Lipinski definition) is 2. The number of nitrogens with one attached hydrogen (secondary N) is 2. The fourth-order valence-corrected chi connectivity index (χ4v) is 2.12. The fraction of sp³-hybridized carbons (Fsp3) is 0.263. The lowest BCUT2D eigenvalue weighted by molar-refractivity contribution is -0.131. The van der Waals surface area contributed by atoms with Crippen LogP contribution in [0.1, 0.15) is 25.3 Å². The van der Waals surface area contributed by atoms with Crippen molar-refractivity contribution in [3.05, 3.63) is 59.1 Å². The van der Waals surface area contributed by atoms with Crippen molar-refractivity contribution in [3.63, 3.8) is 0 Å². The van der Waals surface area contributed by atoms with Crippen LogP contribution in [-0.2, 0) is 9.59 Å². The van der Waals surface area contributed by atoms with Crippen LogP contribution in [0.4, 0.5) is 0 Å². The Morgan fingerprint density at radius 3 is 1.69 bits per heavy atom. The lowest BCUT2D eigenvalue weighted by Crippen LogP contribution is -2.45. The lowest BCUT2D eigenvalue weighted by Gasteiger charge is -2.10. The Hall–Kier alpha value is -2.73. The molecule has 2 aromatic carbocycles. The van der Waals surface area contributed by atoms with Crippen LogP contribution in [0, 0.1) is 0 Å². The highest BCUT2D eigenvalue weighted by molar-refractivity contribution is 6.30. The zero-order chi connectivity index (χ0) is 18.9. The van der Waals surface area contributed by atoms with E-state index in [2.05, 4.69) is 24.7 Å². The molecular formula is C19H21ClN2O4. The Morgan fingerprint density at radius 1 is 0.846 bits per heavy atom. The molecule has 0 heterocycles. The molecule has 0 unspecified atom stereocenters. The summed E-state index contributed by atoms with van der Waals surface area (Å²) in [5, 5.41) is 0.577. The van der Waals surface area contributed by atoms with Gasteiger partial charge in [0.2, 0.25) is 0 Å². The van der Waals surface area contributed by atoms with Gasteiger partial charge in [-0.05, 0) is 47.9 Å². The van der Waals surface area contributed by atoms with Crippen molar-refractivity contribution in [2.24, 2.45) is 0 Å². The van der Waals surface area contributed by atoms with Crippen LogP contribution in [0.25, 0.3) is 0 Å². The molecule has 0 saturated carbocycles. The molecule has 26 heavy (non-hydrogen) atoms. The van der Waals surface area contributed by atoms with Gasteiger partial charge in [0.15, 0.2) is 13.2 Å². The minimum atomic E-state index is -0.491. The van der Waals surface area contributed by atoms with Gasteiger partial charge in [-0.3, -0.25) is 20.4 Å². The summed E-state index contributed by atoms with van der Waals surface area (Å²) in [5.74, 6) is 0.552. The minimum absolute atomic E-state index is 0.209. The first-order valence-corrected chi connectivity index (χ1v) is 8.50. The van der Waals surface area contributed by atoms with Crippen LogP contribution in [0.5, 0.6) is 11.5 Å². The van der Waals surface area contributed by atoms with E-state index in [1.165, 1.54) is 5.56 Å². The third kappa shape index (κ3) is 6.64. The van der Waals surface area contributed by atoms with Gasteiger partial charge in [0.05, 0.1) is 0 Å². The van der Waals surface area contributed by atoms with Crippen LogP contribution in [0.2, 0.25) is 5.02 Å². The predicted octanol–water partition coefficient (Wildman–Crippen LogP) is 3.07. The maximum Gasteiger partial charge on any atom is 0.276 e.